The average molecular weight is 288 g/mol. The van der Waals surface area contributed by atoms with Gasteiger partial charge in [0, 0.05) is 28.8 Å². The molecule has 0 bridgehead atoms. The van der Waals surface area contributed by atoms with Gasteiger partial charge in [0.15, 0.2) is 0 Å². The van der Waals surface area contributed by atoms with Gasteiger partial charge < -0.3 is 4.90 Å². The lowest BCUT2D eigenvalue weighted by molar-refractivity contribution is 0.789. The highest BCUT2D eigenvalue weighted by atomic mass is 79.9. The summed E-state index contributed by atoms with van der Waals surface area (Å²) >= 11 is 3.46. The van der Waals surface area contributed by atoms with E-state index in [0.717, 1.165) is 41.1 Å². The molecule has 1 aromatic carbocycles. The van der Waals surface area contributed by atoms with E-state index < -0.39 is 0 Å². The highest BCUT2D eigenvalue weighted by molar-refractivity contribution is 9.10. The third kappa shape index (κ3) is 1.67. The molecule has 84 valence electrons. The predicted octanol–water partition coefficient (Wildman–Crippen LogP) is 2.98. The number of benzene rings is 1. The smallest absolute Gasteiger partial charge is 0.146 e. The van der Waals surface area contributed by atoms with Gasteiger partial charge in [-0.15, -0.1) is 0 Å². The molecule has 0 unspecified atom stereocenters. The first kappa shape index (κ1) is 10.5. The summed E-state index contributed by atoms with van der Waals surface area (Å²) in [6.45, 7) is 1.75. The molecule has 0 aliphatic carbocycles. The quantitative estimate of drug-likeness (QED) is 0.736. The van der Waals surface area contributed by atoms with Gasteiger partial charge >= 0.3 is 0 Å². The predicted molar refractivity (Wildman–Crippen MR) is 72.0 cm³/mol. The van der Waals surface area contributed by atoms with Gasteiger partial charge in [-0.05, 0) is 30.7 Å². The summed E-state index contributed by atoms with van der Waals surface area (Å²) in [7, 11) is 0. The molecule has 0 fully saturated rings. The molecule has 2 aliphatic rings. The van der Waals surface area contributed by atoms with Crippen molar-refractivity contribution in [1.29, 1.82) is 5.26 Å². The van der Waals surface area contributed by atoms with Gasteiger partial charge in [0.25, 0.3) is 0 Å². The molecule has 0 aromatic heterocycles. The molecule has 2 aliphatic heterocycles. The summed E-state index contributed by atoms with van der Waals surface area (Å²) in [6.07, 6.45) is 2.96. The number of hydrogen-bond donors (Lipinski definition) is 0. The van der Waals surface area contributed by atoms with Gasteiger partial charge in [-0.25, -0.2) is 0 Å². The normalized spacial score (nSPS) is 17.5. The van der Waals surface area contributed by atoms with Gasteiger partial charge in [0.2, 0.25) is 0 Å². The van der Waals surface area contributed by atoms with Gasteiger partial charge in [-0.2, -0.15) is 5.26 Å². The van der Waals surface area contributed by atoms with Crippen LogP contribution in [0.2, 0.25) is 0 Å². The number of nitriles is 1. The summed E-state index contributed by atoms with van der Waals surface area (Å²) in [5.74, 6) is 0.827. The fourth-order valence-corrected chi connectivity index (χ4v) is 2.64. The number of aliphatic imine (C=N–C) groups is 1. The number of nitrogens with zero attached hydrogens (tertiary/aromatic N) is 3. The number of rotatable bonds is 0. The minimum absolute atomic E-state index is 0.662. The van der Waals surface area contributed by atoms with E-state index >= 15 is 0 Å². The fourth-order valence-electron chi connectivity index (χ4n) is 2.26. The SMILES string of the molecule is N#CC1=Cc2cc(Br)ccc2N2CCCN=C12. The monoisotopic (exact) mass is 287 g/mol. The molecule has 4 heteroatoms. The summed E-state index contributed by atoms with van der Waals surface area (Å²) in [5, 5.41) is 9.19. The van der Waals surface area contributed by atoms with Gasteiger partial charge in [0.05, 0.1) is 5.57 Å². The van der Waals surface area contributed by atoms with Crippen molar-refractivity contribution in [2.45, 2.75) is 6.42 Å². The van der Waals surface area contributed by atoms with Crippen molar-refractivity contribution in [3.8, 4) is 6.07 Å². The summed E-state index contributed by atoms with van der Waals surface area (Å²) < 4.78 is 1.03. The molecule has 0 spiro atoms. The molecule has 2 heterocycles. The molecule has 0 amide bonds. The van der Waals surface area contributed by atoms with Crippen molar-refractivity contribution in [3.05, 3.63) is 33.8 Å². The topological polar surface area (TPSA) is 39.4 Å². The van der Waals surface area contributed by atoms with Crippen LogP contribution in [-0.2, 0) is 0 Å². The number of hydrogen-bond acceptors (Lipinski definition) is 3. The molecule has 0 radical (unpaired) electrons. The van der Waals surface area contributed by atoms with Crippen LogP contribution in [0.3, 0.4) is 0 Å². The summed E-state index contributed by atoms with van der Waals surface area (Å²) in [5.41, 5.74) is 2.89. The number of amidine groups is 1. The van der Waals surface area contributed by atoms with Crippen molar-refractivity contribution < 1.29 is 0 Å². The van der Waals surface area contributed by atoms with Crippen LogP contribution >= 0.6 is 15.9 Å². The van der Waals surface area contributed by atoms with E-state index in [4.69, 9.17) is 0 Å². The van der Waals surface area contributed by atoms with Crippen molar-refractivity contribution in [2.24, 2.45) is 4.99 Å². The second-order valence-electron chi connectivity index (χ2n) is 4.08. The molecule has 0 saturated heterocycles. The fraction of sp³-hybridized carbons (Fsp3) is 0.231. The zero-order valence-electron chi connectivity index (χ0n) is 9.15. The standard InChI is InChI=1S/C13H10BrN3/c14-11-2-3-12-9(7-11)6-10(8-15)13-16-4-1-5-17(12)13/h2-3,6-7H,1,4-5H2. The van der Waals surface area contributed by atoms with Crippen LogP contribution in [0.5, 0.6) is 0 Å². The lowest BCUT2D eigenvalue weighted by Crippen LogP contribution is -2.38. The Morgan fingerprint density at radius 1 is 1.41 bits per heavy atom. The third-order valence-electron chi connectivity index (χ3n) is 3.00. The van der Waals surface area contributed by atoms with Gasteiger partial charge in [-0.3, -0.25) is 4.99 Å². The van der Waals surface area contributed by atoms with Crippen molar-refractivity contribution in [3.63, 3.8) is 0 Å². The zero-order chi connectivity index (χ0) is 11.8. The maximum absolute atomic E-state index is 9.19. The van der Waals surface area contributed by atoms with Crippen LogP contribution in [0.25, 0.3) is 6.08 Å². The molecule has 0 saturated carbocycles. The minimum Gasteiger partial charge on any atom is -0.325 e. The Hall–Kier alpha value is -1.60. The molecule has 3 nitrogen and oxygen atoms in total. The van der Waals surface area contributed by atoms with E-state index in [1.807, 2.05) is 18.2 Å². The zero-order valence-corrected chi connectivity index (χ0v) is 10.7. The first-order valence-electron chi connectivity index (χ1n) is 5.53. The van der Waals surface area contributed by atoms with Crippen LogP contribution in [-0.4, -0.2) is 18.9 Å². The van der Waals surface area contributed by atoms with Crippen LogP contribution in [0, 0.1) is 11.3 Å². The Labute approximate surface area is 108 Å². The van der Waals surface area contributed by atoms with E-state index in [1.54, 1.807) is 0 Å². The van der Waals surface area contributed by atoms with Crippen molar-refractivity contribution >= 4 is 33.5 Å². The van der Waals surface area contributed by atoms with Crippen LogP contribution in [0.1, 0.15) is 12.0 Å². The molecule has 3 rings (SSSR count). The van der Waals surface area contributed by atoms with Gasteiger partial charge in [-0.1, -0.05) is 15.9 Å². The second-order valence-corrected chi connectivity index (χ2v) is 5.00. The maximum atomic E-state index is 9.19. The van der Waals surface area contributed by atoms with E-state index in [1.165, 1.54) is 0 Å². The maximum Gasteiger partial charge on any atom is 0.146 e. The second kappa shape index (κ2) is 4.01. The Morgan fingerprint density at radius 2 is 2.29 bits per heavy atom. The Balaban J connectivity index is 2.22. The molecule has 0 atom stereocenters. The average Bonchev–Trinajstić information content (AvgIpc) is 2.37. The molecular formula is C13H10BrN3. The Morgan fingerprint density at radius 3 is 3.12 bits per heavy atom. The molecule has 0 N–H and O–H groups in total. The van der Waals surface area contributed by atoms with Crippen LogP contribution in [0.15, 0.2) is 33.2 Å². The first-order chi connectivity index (χ1) is 8.29. The molecule has 17 heavy (non-hydrogen) atoms. The van der Waals surface area contributed by atoms with Crippen LogP contribution < -0.4 is 4.90 Å². The van der Waals surface area contributed by atoms with Crippen molar-refractivity contribution in [1.82, 2.24) is 0 Å². The number of fused-ring (bicyclic) bond motifs is 3. The summed E-state index contributed by atoms with van der Waals surface area (Å²) in [6, 6.07) is 8.37. The van der Waals surface area contributed by atoms with Gasteiger partial charge in [0.1, 0.15) is 11.9 Å². The summed E-state index contributed by atoms with van der Waals surface area (Å²) in [4.78, 5) is 6.61. The Kier molecular flexibility index (Phi) is 2.49. The first-order valence-corrected chi connectivity index (χ1v) is 6.32. The number of halogens is 1. The van der Waals surface area contributed by atoms with Crippen molar-refractivity contribution in [2.75, 3.05) is 18.0 Å². The molecule has 1 aromatic rings. The van der Waals surface area contributed by atoms with E-state index in [2.05, 4.69) is 38.0 Å². The van der Waals surface area contributed by atoms with E-state index in [0.29, 0.717) is 5.57 Å². The largest absolute Gasteiger partial charge is 0.325 e. The lowest BCUT2D eigenvalue weighted by Gasteiger charge is -2.33. The highest BCUT2D eigenvalue weighted by Gasteiger charge is 2.26. The minimum atomic E-state index is 0.662. The lowest BCUT2D eigenvalue weighted by atomic mass is 10.0. The van der Waals surface area contributed by atoms with E-state index in [9.17, 15) is 5.26 Å². The third-order valence-corrected chi connectivity index (χ3v) is 3.49. The van der Waals surface area contributed by atoms with E-state index in [-0.39, 0.29) is 0 Å². The van der Waals surface area contributed by atoms with Crippen LogP contribution in [0.4, 0.5) is 5.69 Å². The Bertz CT molecular complexity index is 581. The molecular weight excluding hydrogens is 278 g/mol. The highest BCUT2D eigenvalue weighted by Crippen LogP contribution is 2.33. The number of anilines is 1.